The molecule has 1 aromatic rings. The Bertz CT molecular complexity index is 525. The van der Waals surface area contributed by atoms with Crippen molar-refractivity contribution in [2.24, 2.45) is 22.1 Å². The number of nitrogens with two attached hydrogens (primary N) is 1. The fourth-order valence-corrected chi connectivity index (χ4v) is 4.56. The van der Waals surface area contributed by atoms with Crippen LogP contribution < -0.4 is 10.6 Å². The number of aliphatic imine (C=N–C) groups is 1. The number of nitrogens with zero attached hydrogens (tertiary/aromatic N) is 4. The summed E-state index contributed by atoms with van der Waals surface area (Å²) < 4.78 is 0. The average molecular weight is 319 g/mol. The van der Waals surface area contributed by atoms with E-state index in [0.717, 1.165) is 49.7 Å². The van der Waals surface area contributed by atoms with Crippen LogP contribution in [-0.4, -0.2) is 48.6 Å². The molecule has 22 heavy (non-hydrogen) atoms. The van der Waals surface area contributed by atoms with Crippen molar-refractivity contribution in [3.05, 3.63) is 11.6 Å². The highest BCUT2D eigenvalue weighted by Crippen LogP contribution is 2.57. The molecule has 2 saturated carbocycles. The molecule has 4 rings (SSSR count). The molecule has 0 spiro atoms. The number of hydrogen-bond donors (Lipinski definition) is 1. The van der Waals surface area contributed by atoms with E-state index in [1.54, 1.807) is 11.3 Å². The third-order valence-electron chi connectivity index (χ3n) is 5.64. The van der Waals surface area contributed by atoms with E-state index in [1.807, 2.05) is 11.6 Å². The summed E-state index contributed by atoms with van der Waals surface area (Å²) in [6.45, 7) is 4.82. The van der Waals surface area contributed by atoms with Crippen LogP contribution in [0.4, 0.5) is 5.13 Å². The standard InChI is InChI=1S/C16H25N5S/c17-14(19-12-16(4-1-5-16)13-2-3-13)20-7-9-21(10-8-20)15-18-6-11-22-15/h6,11,13H,1-5,7-10,12H2,(H2,17,19). The molecule has 0 atom stereocenters. The highest BCUT2D eigenvalue weighted by molar-refractivity contribution is 7.13. The summed E-state index contributed by atoms with van der Waals surface area (Å²) in [6.07, 6.45) is 8.83. The second kappa shape index (κ2) is 5.72. The van der Waals surface area contributed by atoms with Crippen LogP contribution in [-0.2, 0) is 0 Å². The molecule has 0 unspecified atom stereocenters. The van der Waals surface area contributed by atoms with Crippen LogP contribution in [0.3, 0.4) is 0 Å². The molecule has 0 bridgehead atoms. The Morgan fingerprint density at radius 1 is 1.32 bits per heavy atom. The molecule has 6 heteroatoms. The number of anilines is 1. The fourth-order valence-electron chi connectivity index (χ4n) is 3.86. The zero-order chi connectivity index (χ0) is 15.0. The molecule has 0 aromatic carbocycles. The van der Waals surface area contributed by atoms with Crippen molar-refractivity contribution in [3.8, 4) is 0 Å². The van der Waals surface area contributed by atoms with Crippen LogP contribution in [0, 0.1) is 11.3 Å². The Morgan fingerprint density at radius 3 is 2.64 bits per heavy atom. The molecule has 0 radical (unpaired) electrons. The summed E-state index contributed by atoms with van der Waals surface area (Å²) in [7, 11) is 0. The van der Waals surface area contributed by atoms with E-state index in [9.17, 15) is 0 Å². The third-order valence-corrected chi connectivity index (χ3v) is 6.47. The zero-order valence-electron chi connectivity index (χ0n) is 13.1. The van der Waals surface area contributed by atoms with E-state index in [1.165, 1.54) is 32.1 Å². The van der Waals surface area contributed by atoms with Crippen LogP contribution in [0.2, 0.25) is 0 Å². The number of piperazine rings is 1. The van der Waals surface area contributed by atoms with Gasteiger partial charge in [0.2, 0.25) is 0 Å². The topological polar surface area (TPSA) is 57.8 Å². The lowest BCUT2D eigenvalue weighted by Gasteiger charge is -2.42. The lowest BCUT2D eigenvalue weighted by Crippen LogP contribution is -2.51. The highest BCUT2D eigenvalue weighted by atomic mass is 32.1. The second-order valence-corrected chi connectivity index (χ2v) is 7.83. The van der Waals surface area contributed by atoms with Gasteiger partial charge in [-0.2, -0.15) is 0 Å². The molecule has 1 aliphatic heterocycles. The van der Waals surface area contributed by atoms with Crippen molar-refractivity contribution >= 4 is 22.4 Å². The SMILES string of the molecule is NC(=NCC1(C2CC2)CCC1)N1CCN(c2nccs2)CC1. The number of rotatable bonds is 4. The molecule has 1 saturated heterocycles. The number of thiazole rings is 1. The van der Waals surface area contributed by atoms with Gasteiger partial charge in [0.25, 0.3) is 0 Å². The van der Waals surface area contributed by atoms with E-state index >= 15 is 0 Å². The first kappa shape index (κ1) is 14.3. The van der Waals surface area contributed by atoms with Crippen molar-refractivity contribution in [1.29, 1.82) is 0 Å². The Balaban J connectivity index is 1.32. The van der Waals surface area contributed by atoms with Gasteiger partial charge >= 0.3 is 0 Å². The lowest BCUT2D eigenvalue weighted by molar-refractivity contribution is 0.113. The summed E-state index contributed by atoms with van der Waals surface area (Å²) >= 11 is 1.71. The maximum Gasteiger partial charge on any atom is 0.191 e. The second-order valence-electron chi connectivity index (χ2n) is 6.95. The maximum absolute atomic E-state index is 6.26. The first-order chi connectivity index (χ1) is 10.8. The predicted molar refractivity (Wildman–Crippen MR) is 91.4 cm³/mol. The Morgan fingerprint density at radius 2 is 2.09 bits per heavy atom. The zero-order valence-corrected chi connectivity index (χ0v) is 13.9. The van der Waals surface area contributed by atoms with Crippen molar-refractivity contribution in [3.63, 3.8) is 0 Å². The molecule has 2 heterocycles. The number of hydrogen-bond acceptors (Lipinski definition) is 4. The van der Waals surface area contributed by atoms with Crippen LogP contribution >= 0.6 is 11.3 Å². The Labute approximate surface area is 136 Å². The van der Waals surface area contributed by atoms with Crippen molar-refractivity contribution in [1.82, 2.24) is 9.88 Å². The molecule has 2 N–H and O–H groups in total. The molecule has 5 nitrogen and oxygen atoms in total. The van der Waals surface area contributed by atoms with Crippen LogP contribution in [0.5, 0.6) is 0 Å². The molecular formula is C16H25N5S. The molecular weight excluding hydrogens is 294 g/mol. The van der Waals surface area contributed by atoms with Crippen LogP contribution in [0.15, 0.2) is 16.6 Å². The molecule has 3 fully saturated rings. The molecule has 0 amide bonds. The summed E-state index contributed by atoms with van der Waals surface area (Å²) in [5.41, 5.74) is 6.78. The molecule has 1 aromatic heterocycles. The third kappa shape index (κ3) is 2.69. The van der Waals surface area contributed by atoms with Gasteiger partial charge in [-0.1, -0.05) is 6.42 Å². The van der Waals surface area contributed by atoms with Gasteiger partial charge in [0.15, 0.2) is 11.1 Å². The quantitative estimate of drug-likeness (QED) is 0.682. The van der Waals surface area contributed by atoms with Gasteiger partial charge in [-0.05, 0) is 37.0 Å². The van der Waals surface area contributed by atoms with Crippen LogP contribution in [0.1, 0.15) is 32.1 Å². The number of guanidine groups is 1. The van der Waals surface area contributed by atoms with Crippen molar-refractivity contribution in [2.45, 2.75) is 32.1 Å². The van der Waals surface area contributed by atoms with Gasteiger partial charge in [-0.15, -0.1) is 11.3 Å². The first-order valence-corrected chi connectivity index (χ1v) is 9.34. The van der Waals surface area contributed by atoms with E-state index in [0.29, 0.717) is 5.41 Å². The monoisotopic (exact) mass is 319 g/mol. The van der Waals surface area contributed by atoms with Gasteiger partial charge in [0.1, 0.15) is 0 Å². The van der Waals surface area contributed by atoms with Gasteiger partial charge in [0.05, 0.1) is 0 Å². The smallest absolute Gasteiger partial charge is 0.191 e. The first-order valence-electron chi connectivity index (χ1n) is 8.46. The Kier molecular flexibility index (Phi) is 3.72. The fraction of sp³-hybridized carbons (Fsp3) is 0.750. The van der Waals surface area contributed by atoms with Gasteiger partial charge in [-0.25, -0.2) is 4.98 Å². The van der Waals surface area contributed by atoms with Crippen molar-refractivity contribution in [2.75, 3.05) is 37.6 Å². The maximum atomic E-state index is 6.26. The van der Waals surface area contributed by atoms with Gasteiger partial charge < -0.3 is 15.5 Å². The largest absolute Gasteiger partial charge is 0.370 e. The summed E-state index contributed by atoms with van der Waals surface area (Å²) in [4.78, 5) is 13.7. The van der Waals surface area contributed by atoms with Gasteiger partial charge in [0, 0.05) is 44.3 Å². The number of aromatic nitrogens is 1. The van der Waals surface area contributed by atoms with E-state index in [-0.39, 0.29) is 0 Å². The van der Waals surface area contributed by atoms with E-state index in [2.05, 4.69) is 14.8 Å². The lowest BCUT2D eigenvalue weighted by atomic mass is 9.65. The van der Waals surface area contributed by atoms with E-state index < -0.39 is 0 Å². The summed E-state index contributed by atoms with van der Waals surface area (Å²) in [6, 6.07) is 0. The summed E-state index contributed by atoms with van der Waals surface area (Å²) in [5, 5.41) is 3.16. The highest BCUT2D eigenvalue weighted by Gasteiger charge is 2.48. The molecule has 120 valence electrons. The predicted octanol–water partition coefficient (Wildman–Crippen LogP) is 2.16. The van der Waals surface area contributed by atoms with Gasteiger partial charge in [-0.3, -0.25) is 4.99 Å². The molecule has 2 aliphatic carbocycles. The van der Waals surface area contributed by atoms with Crippen molar-refractivity contribution < 1.29 is 0 Å². The van der Waals surface area contributed by atoms with Crippen LogP contribution in [0.25, 0.3) is 0 Å². The Hall–Kier alpha value is -1.30. The van der Waals surface area contributed by atoms with E-state index in [4.69, 9.17) is 10.7 Å². The minimum Gasteiger partial charge on any atom is -0.370 e. The molecule has 3 aliphatic rings. The minimum absolute atomic E-state index is 0.521. The summed E-state index contributed by atoms with van der Waals surface area (Å²) in [5.74, 6) is 1.70. The normalized spacial score (nSPS) is 25.2. The average Bonchev–Trinajstić information content (AvgIpc) is 3.20. The minimum atomic E-state index is 0.521.